The molecule has 0 saturated carbocycles. The first-order valence-electron chi connectivity index (χ1n) is 5.41. The first-order chi connectivity index (χ1) is 9.37. The van der Waals surface area contributed by atoms with E-state index in [9.17, 15) is 18.3 Å². The molecule has 0 unspecified atom stereocenters. The van der Waals surface area contributed by atoms with Gasteiger partial charge in [0.1, 0.15) is 17.2 Å². The van der Waals surface area contributed by atoms with Gasteiger partial charge in [0, 0.05) is 11.6 Å². The predicted molar refractivity (Wildman–Crippen MR) is 66.0 cm³/mol. The van der Waals surface area contributed by atoms with Crippen molar-refractivity contribution in [2.24, 2.45) is 0 Å². The minimum atomic E-state index is -4.83. The number of aromatic hydroxyl groups is 1. The smallest absolute Gasteiger partial charge is 0.508 e. The molecule has 0 aliphatic rings. The van der Waals surface area contributed by atoms with Gasteiger partial charge in [-0.1, -0.05) is 12.0 Å². The second-order valence-corrected chi connectivity index (χ2v) is 3.82. The van der Waals surface area contributed by atoms with Crippen LogP contribution in [-0.2, 0) is 0 Å². The molecule has 0 aliphatic carbocycles. The molecule has 1 N–H and O–H groups in total. The van der Waals surface area contributed by atoms with Crippen molar-refractivity contribution in [2.75, 3.05) is 0 Å². The van der Waals surface area contributed by atoms with Gasteiger partial charge in [0.25, 0.3) is 0 Å². The highest BCUT2D eigenvalue weighted by Gasteiger charge is 2.31. The minimum Gasteiger partial charge on any atom is -0.508 e. The Kier molecular flexibility index (Phi) is 3.53. The van der Waals surface area contributed by atoms with E-state index < -0.39 is 12.1 Å². The molecule has 1 heterocycles. The van der Waals surface area contributed by atoms with Crippen molar-refractivity contribution in [2.45, 2.75) is 6.36 Å². The van der Waals surface area contributed by atoms with Gasteiger partial charge in [0.05, 0.1) is 5.69 Å². The summed E-state index contributed by atoms with van der Waals surface area (Å²) in [6.45, 7) is 0. The molecule has 0 amide bonds. The molecule has 0 atom stereocenters. The minimum absolute atomic E-state index is 0.265. The van der Waals surface area contributed by atoms with Gasteiger partial charge in [-0.3, -0.25) is 0 Å². The molecule has 1 aromatic carbocycles. The number of pyridine rings is 1. The highest BCUT2D eigenvalue weighted by molar-refractivity contribution is 5.64. The number of terminal acetylenes is 1. The number of phenols is 1. The summed E-state index contributed by atoms with van der Waals surface area (Å²) in [4.78, 5) is 4.06. The highest BCUT2D eigenvalue weighted by atomic mass is 19.4. The molecule has 0 fully saturated rings. The predicted octanol–water partition coefficient (Wildman–Crippen LogP) is 3.33. The van der Waals surface area contributed by atoms with Gasteiger partial charge in [0.2, 0.25) is 0 Å². The quantitative estimate of drug-likeness (QED) is 0.857. The Bertz CT molecular complexity index is 675. The van der Waals surface area contributed by atoms with Gasteiger partial charge < -0.3 is 9.84 Å². The summed E-state index contributed by atoms with van der Waals surface area (Å²) in [5, 5.41) is 9.46. The topological polar surface area (TPSA) is 42.4 Å². The van der Waals surface area contributed by atoms with Crippen molar-refractivity contribution in [3.8, 4) is 35.1 Å². The molecule has 2 aromatic rings. The van der Waals surface area contributed by atoms with E-state index >= 15 is 0 Å². The lowest BCUT2D eigenvalue weighted by Crippen LogP contribution is -2.17. The Hall–Kier alpha value is -2.68. The summed E-state index contributed by atoms with van der Waals surface area (Å²) in [6.07, 6.45) is 0.370. The van der Waals surface area contributed by atoms with Gasteiger partial charge in [-0.25, -0.2) is 4.98 Å². The lowest BCUT2D eigenvalue weighted by atomic mass is 10.1. The summed E-state index contributed by atoms with van der Waals surface area (Å²) >= 11 is 0. The summed E-state index contributed by atoms with van der Waals surface area (Å²) < 4.78 is 40.3. The Labute approximate surface area is 112 Å². The molecule has 20 heavy (non-hydrogen) atoms. The number of nitrogens with zero attached hydrogens (tertiary/aromatic N) is 1. The van der Waals surface area contributed by atoms with Crippen LogP contribution in [0.4, 0.5) is 13.2 Å². The second kappa shape index (κ2) is 5.13. The van der Waals surface area contributed by atoms with Crippen LogP contribution in [0.1, 0.15) is 5.69 Å². The van der Waals surface area contributed by atoms with Crippen LogP contribution in [0, 0.1) is 12.3 Å². The number of benzene rings is 1. The first kappa shape index (κ1) is 13.7. The van der Waals surface area contributed by atoms with Crippen molar-refractivity contribution in [1.29, 1.82) is 0 Å². The van der Waals surface area contributed by atoms with Crippen molar-refractivity contribution in [3.63, 3.8) is 0 Å². The van der Waals surface area contributed by atoms with Crippen LogP contribution < -0.4 is 4.74 Å². The number of ether oxygens (including phenoxy) is 1. The van der Waals surface area contributed by atoms with E-state index in [1.807, 2.05) is 0 Å². The van der Waals surface area contributed by atoms with Gasteiger partial charge in [-0.05, 0) is 24.3 Å². The molecule has 0 spiro atoms. The van der Waals surface area contributed by atoms with Crippen LogP contribution in [0.2, 0.25) is 0 Å². The molecule has 0 bridgehead atoms. The number of halogens is 3. The van der Waals surface area contributed by atoms with E-state index in [4.69, 9.17) is 6.42 Å². The molecule has 0 radical (unpaired) electrons. The number of hydrogen-bond acceptors (Lipinski definition) is 3. The molecule has 2 rings (SSSR count). The molecule has 0 saturated heterocycles. The van der Waals surface area contributed by atoms with E-state index in [0.29, 0.717) is 11.4 Å². The molecule has 6 heteroatoms. The highest BCUT2D eigenvalue weighted by Crippen LogP contribution is 2.31. The summed E-state index contributed by atoms with van der Waals surface area (Å²) in [6, 6.07) is 8.02. The second-order valence-electron chi connectivity index (χ2n) is 3.82. The van der Waals surface area contributed by atoms with Gasteiger partial charge >= 0.3 is 6.36 Å². The van der Waals surface area contributed by atoms with Crippen molar-refractivity contribution in [3.05, 3.63) is 42.1 Å². The molecular formula is C14H8F3NO2. The summed E-state index contributed by atoms with van der Waals surface area (Å²) in [5.74, 6) is 1.43. The molecular weight excluding hydrogens is 271 g/mol. The van der Waals surface area contributed by atoms with Gasteiger partial charge in [-0.15, -0.1) is 19.6 Å². The van der Waals surface area contributed by atoms with Crippen LogP contribution in [0.5, 0.6) is 11.5 Å². The third-order valence-corrected chi connectivity index (χ3v) is 2.32. The van der Waals surface area contributed by atoms with E-state index in [1.165, 1.54) is 6.07 Å². The maximum Gasteiger partial charge on any atom is 0.573 e. The van der Waals surface area contributed by atoms with Crippen molar-refractivity contribution in [1.82, 2.24) is 4.98 Å². The number of hydrogen-bond donors (Lipinski definition) is 1. The fourth-order valence-electron chi connectivity index (χ4n) is 1.60. The van der Waals surface area contributed by atoms with Crippen LogP contribution in [0.15, 0.2) is 36.4 Å². The fourth-order valence-corrected chi connectivity index (χ4v) is 1.60. The first-order valence-corrected chi connectivity index (χ1v) is 5.41. The van der Waals surface area contributed by atoms with E-state index in [2.05, 4.69) is 15.6 Å². The zero-order valence-corrected chi connectivity index (χ0v) is 9.98. The zero-order chi connectivity index (χ0) is 14.8. The largest absolute Gasteiger partial charge is 0.573 e. The molecule has 0 aliphatic heterocycles. The Morgan fingerprint density at radius 3 is 2.60 bits per heavy atom. The Morgan fingerprint density at radius 2 is 1.95 bits per heavy atom. The van der Waals surface area contributed by atoms with Crippen molar-refractivity contribution >= 4 is 0 Å². The van der Waals surface area contributed by atoms with Crippen LogP contribution in [0.3, 0.4) is 0 Å². The van der Waals surface area contributed by atoms with Crippen LogP contribution in [-0.4, -0.2) is 16.5 Å². The average Bonchev–Trinajstić information content (AvgIpc) is 2.36. The van der Waals surface area contributed by atoms with E-state index in [-0.39, 0.29) is 11.3 Å². The van der Waals surface area contributed by atoms with Gasteiger partial charge in [0.15, 0.2) is 0 Å². The van der Waals surface area contributed by atoms with Gasteiger partial charge in [-0.2, -0.15) is 0 Å². The summed E-state index contributed by atoms with van der Waals surface area (Å²) in [5.41, 5.74) is 0.939. The summed E-state index contributed by atoms with van der Waals surface area (Å²) in [7, 11) is 0. The number of phenolic OH excluding ortho intramolecular Hbond substituents is 1. The molecule has 102 valence electrons. The maximum absolute atomic E-state index is 12.2. The Morgan fingerprint density at radius 1 is 1.20 bits per heavy atom. The SMILES string of the molecule is C#Cc1cccc(-c2cc(O)cc(OC(F)(F)F)c2)n1. The molecule has 1 aromatic heterocycles. The average molecular weight is 279 g/mol. The zero-order valence-electron chi connectivity index (χ0n) is 9.98. The van der Waals surface area contributed by atoms with Crippen molar-refractivity contribution < 1.29 is 23.0 Å². The third kappa shape index (κ3) is 3.42. The molecule has 3 nitrogen and oxygen atoms in total. The monoisotopic (exact) mass is 279 g/mol. The van der Waals surface area contributed by atoms with Crippen LogP contribution in [0.25, 0.3) is 11.3 Å². The maximum atomic E-state index is 12.2. The standard InChI is InChI=1S/C14H8F3NO2/c1-2-10-4-3-5-13(18-10)9-6-11(19)8-12(7-9)20-14(15,16)17/h1,3-8,19H. The third-order valence-electron chi connectivity index (χ3n) is 2.32. The lowest BCUT2D eigenvalue weighted by Gasteiger charge is -2.11. The lowest BCUT2D eigenvalue weighted by molar-refractivity contribution is -0.274. The van der Waals surface area contributed by atoms with E-state index in [0.717, 1.165) is 12.1 Å². The van der Waals surface area contributed by atoms with E-state index in [1.54, 1.807) is 18.2 Å². The van der Waals surface area contributed by atoms with Crippen LogP contribution >= 0.6 is 0 Å². The number of alkyl halides is 3. The number of aromatic nitrogens is 1. The fraction of sp³-hybridized carbons (Fsp3) is 0.0714. The Balaban J connectivity index is 2.44. The normalized spacial score (nSPS) is 10.9. The number of rotatable bonds is 2.